The maximum Gasteiger partial charge on any atom is 0.256 e. The van der Waals surface area contributed by atoms with Crippen LogP contribution in [-0.4, -0.2) is 65.7 Å². The molecular weight excluding hydrogens is 575 g/mol. The monoisotopic (exact) mass is 621 g/mol. The minimum atomic E-state index is -2.03. The quantitative estimate of drug-likeness (QED) is 0.175. The van der Waals surface area contributed by atoms with Crippen molar-refractivity contribution in [3.63, 3.8) is 0 Å². The second kappa shape index (κ2) is 13.6. The van der Waals surface area contributed by atoms with Crippen LogP contribution in [0.25, 0.3) is 11.0 Å². The molecule has 0 aliphatic carbocycles. The molecule has 0 spiro atoms. The molecule has 4 aromatic rings. The van der Waals surface area contributed by atoms with Gasteiger partial charge in [0.2, 0.25) is 5.95 Å². The summed E-state index contributed by atoms with van der Waals surface area (Å²) in [5.74, 6) is 3.99. The first-order chi connectivity index (χ1) is 21.5. The third kappa shape index (κ3) is 6.68. The van der Waals surface area contributed by atoms with Crippen molar-refractivity contribution in [2.75, 3.05) is 43.4 Å². The van der Waals surface area contributed by atoms with Crippen molar-refractivity contribution >= 4 is 36.4 Å². The summed E-state index contributed by atoms with van der Waals surface area (Å²) in [7, 11) is 0.131. The van der Waals surface area contributed by atoms with E-state index in [1.807, 2.05) is 31.3 Å². The molecule has 1 aromatic carbocycles. The molecule has 0 bridgehead atoms. The number of likely N-dealkylation sites (N-methyl/N-ethyl adjacent to an activating group) is 1. The lowest BCUT2D eigenvalue weighted by molar-refractivity contribution is 0.313. The van der Waals surface area contributed by atoms with E-state index in [2.05, 4.69) is 104 Å². The average Bonchev–Trinajstić information content (AvgIpc) is 3.02. The van der Waals surface area contributed by atoms with Crippen LogP contribution in [0.15, 0.2) is 59.7 Å². The first-order valence-electron chi connectivity index (χ1n) is 16.1. The second-order valence-corrected chi connectivity index (χ2v) is 18.8. The predicted octanol–water partition coefficient (Wildman–Crippen LogP) is 6.61. The molecule has 236 valence electrons. The predicted molar refractivity (Wildman–Crippen MR) is 189 cm³/mol. The molecule has 1 fully saturated rings. The van der Waals surface area contributed by atoms with Gasteiger partial charge in [-0.05, 0) is 67.0 Å². The highest BCUT2D eigenvalue weighted by molar-refractivity contribution is 6.90. The molecule has 9 heteroatoms. The molecule has 1 aliphatic heterocycles. The summed E-state index contributed by atoms with van der Waals surface area (Å²) in [6.45, 7) is 20.1. The van der Waals surface area contributed by atoms with Gasteiger partial charge in [0.15, 0.2) is 0 Å². The molecule has 0 atom stereocenters. The van der Waals surface area contributed by atoms with E-state index in [9.17, 15) is 4.79 Å². The Bertz CT molecular complexity index is 1720. The summed E-state index contributed by atoms with van der Waals surface area (Å²) in [5.41, 5.74) is 9.95. The average molecular weight is 622 g/mol. The minimum absolute atomic E-state index is 0.107. The number of rotatable bonds is 8. The Labute approximate surface area is 268 Å². The lowest BCUT2D eigenvalue weighted by Gasteiger charge is -2.38. The molecule has 45 heavy (non-hydrogen) atoms. The largest absolute Gasteiger partial charge is 0.369 e. The number of pyridine rings is 2. The Morgan fingerprint density at radius 1 is 0.911 bits per heavy atom. The summed E-state index contributed by atoms with van der Waals surface area (Å²) in [5, 5.41) is 4.15. The molecule has 4 heterocycles. The maximum absolute atomic E-state index is 14.0. The Balaban J connectivity index is 1.58. The molecule has 1 saturated heterocycles. The van der Waals surface area contributed by atoms with Crippen LogP contribution in [0, 0.1) is 18.4 Å². The fraction of sp³-hybridized carbons (Fsp3) is 0.444. The van der Waals surface area contributed by atoms with E-state index < -0.39 is 8.07 Å². The Morgan fingerprint density at radius 2 is 1.58 bits per heavy atom. The van der Waals surface area contributed by atoms with Crippen molar-refractivity contribution in [2.45, 2.75) is 71.6 Å². The van der Waals surface area contributed by atoms with Crippen molar-refractivity contribution in [1.29, 1.82) is 0 Å². The first-order valence-corrected chi connectivity index (χ1v) is 18.4. The summed E-state index contributed by atoms with van der Waals surface area (Å²) < 4.78 is 1.71. The zero-order valence-electron chi connectivity index (χ0n) is 28.1. The van der Waals surface area contributed by atoms with Crippen LogP contribution in [0.5, 0.6) is 0 Å². The van der Waals surface area contributed by atoms with Crippen LogP contribution in [0.4, 0.5) is 17.3 Å². The van der Waals surface area contributed by atoms with Crippen LogP contribution in [0.2, 0.25) is 16.6 Å². The van der Waals surface area contributed by atoms with Crippen molar-refractivity contribution in [3.8, 4) is 11.5 Å². The van der Waals surface area contributed by atoms with Gasteiger partial charge in [-0.25, -0.2) is 4.98 Å². The maximum atomic E-state index is 14.0. The molecule has 0 radical (unpaired) electrons. The summed E-state index contributed by atoms with van der Waals surface area (Å²) >= 11 is 0. The third-order valence-electron chi connectivity index (χ3n) is 9.54. The summed E-state index contributed by atoms with van der Waals surface area (Å²) in [6.07, 6.45) is 3.56. The highest BCUT2D eigenvalue weighted by Gasteiger charge is 2.41. The van der Waals surface area contributed by atoms with E-state index >= 15 is 0 Å². The minimum Gasteiger partial charge on any atom is -0.369 e. The van der Waals surface area contributed by atoms with Crippen molar-refractivity contribution in [1.82, 2.24) is 24.4 Å². The van der Waals surface area contributed by atoms with Crippen LogP contribution in [0.3, 0.4) is 0 Å². The first kappa shape index (κ1) is 32.4. The number of hydrogen-bond acceptors (Lipinski definition) is 7. The smallest absolute Gasteiger partial charge is 0.256 e. The number of aromatic nitrogens is 4. The standard InChI is InChI=1S/C36H47N7OSi/c1-25(2)45(26(3)4,27(5)6)22-16-32-28(7)35(44)43(24-30-11-9-10-17-37-30)34-33(32)23-38-36(40-34)39-29-12-14-31(15-13-29)42-20-18-41(8)19-21-42/h9-15,17,23,25-27H,18-21,24H2,1-8H3,(H,38,39,40). The number of hydrogen-bond donors (Lipinski definition) is 1. The van der Waals surface area contributed by atoms with Crippen LogP contribution >= 0.6 is 0 Å². The zero-order valence-corrected chi connectivity index (χ0v) is 29.1. The molecule has 0 saturated carbocycles. The van der Waals surface area contributed by atoms with E-state index in [1.54, 1.807) is 10.8 Å². The van der Waals surface area contributed by atoms with Gasteiger partial charge in [0, 0.05) is 61.1 Å². The normalized spacial score (nSPS) is 14.3. The molecule has 1 N–H and O–H groups in total. The van der Waals surface area contributed by atoms with Crippen LogP contribution < -0.4 is 15.8 Å². The van der Waals surface area contributed by atoms with E-state index in [0.717, 1.165) is 48.5 Å². The Morgan fingerprint density at radius 3 is 2.18 bits per heavy atom. The number of fused-ring (bicyclic) bond motifs is 1. The van der Waals surface area contributed by atoms with Crippen LogP contribution in [0.1, 0.15) is 58.4 Å². The number of anilines is 3. The molecule has 1 aliphatic rings. The third-order valence-corrected chi connectivity index (χ3v) is 15.8. The molecule has 5 rings (SSSR count). The zero-order chi connectivity index (χ0) is 32.3. The van der Waals surface area contributed by atoms with E-state index in [1.165, 1.54) is 5.69 Å². The summed E-state index contributed by atoms with van der Waals surface area (Å²) in [6, 6.07) is 14.1. The Kier molecular flexibility index (Phi) is 9.75. The van der Waals surface area contributed by atoms with Gasteiger partial charge in [0.1, 0.15) is 13.7 Å². The molecule has 3 aromatic heterocycles. The van der Waals surface area contributed by atoms with Gasteiger partial charge >= 0.3 is 0 Å². The number of benzene rings is 1. The van der Waals surface area contributed by atoms with Crippen molar-refractivity contribution in [2.24, 2.45) is 0 Å². The van der Waals surface area contributed by atoms with Gasteiger partial charge in [-0.2, -0.15) is 4.98 Å². The van der Waals surface area contributed by atoms with E-state index in [0.29, 0.717) is 40.3 Å². The number of nitrogens with one attached hydrogen (secondary N) is 1. The van der Waals surface area contributed by atoms with Gasteiger partial charge in [-0.3, -0.25) is 14.3 Å². The van der Waals surface area contributed by atoms with Gasteiger partial charge in [0.05, 0.1) is 17.6 Å². The van der Waals surface area contributed by atoms with E-state index in [-0.39, 0.29) is 5.56 Å². The topological polar surface area (TPSA) is 79.2 Å². The van der Waals surface area contributed by atoms with Gasteiger partial charge in [-0.1, -0.05) is 53.5 Å². The van der Waals surface area contributed by atoms with Gasteiger partial charge in [-0.15, -0.1) is 5.54 Å². The molecule has 8 nitrogen and oxygen atoms in total. The molecular formula is C36H47N7OSi. The number of piperazine rings is 1. The highest BCUT2D eigenvalue weighted by atomic mass is 28.3. The van der Waals surface area contributed by atoms with Crippen LogP contribution in [-0.2, 0) is 6.54 Å². The fourth-order valence-electron chi connectivity index (χ4n) is 6.94. The highest BCUT2D eigenvalue weighted by Crippen LogP contribution is 2.41. The lowest BCUT2D eigenvalue weighted by Crippen LogP contribution is -2.44. The fourth-order valence-corrected chi connectivity index (χ4v) is 12.1. The SMILES string of the molecule is Cc1c(C#C[Si](C(C)C)(C(C)C)C(C)C)c2cnc(Nc3ccc(N4CCN(C)CC4)cc3)nc2n(Cc2ccccn2)c1=O. The van der Waals surface area contributed by atoms with Gasteiger partial charge in [0.25, 0.3) is 5.56 Å². The Hall–Kier alpha value is -4.00. The van der Waals surface area contributed by atoms with E-state index in [4.69, 9.17) is 9.97 Å². The molecule has 0 amide bonds. The number of nitrogens with zero attached hydrogens (tertiary/aromatic N) is 6. The van der Waals surface area contributed by atoms with Crippen molar-refractivity contribution < 1.29 is 0 Å². The van der Waals surface area contributed by atoms with Crippen molar-refractivity contribution in [3.05, 3.63) is 82.0 Å². The summed E-state index contributed by atoms with van der Waals surface area (Å²) in [4.78, 5) is 32.9. The lowest BCUT2D eigenvalue weighted by atomic mass is 10.1. The van der Waals surface area contributed by atoms with Gasteiger partial charge < -0.3 is 15.1 Å². The second-order valence-electron chi connectivity index (χ2n) is 13.3. The molecule has 0 unspecified atom stereocenters.